The summed E-state index contributed by atoms with van der Waals surface area (Å²) < 4.78 is 0.585. The average Bonchev–Trinajstić information content (AvgIpc) is 2.09. The van der Waals surface area contributed by atoms with Gasteiger partial charge in [0.1, 0.15) is 0 Å². The summed E-state index contributed by atoms with van der Waals surface area (Å²) in [5.41, 5.74) is 1.08. The fourth-order valence-corrected chi connectivity index (χ4v) is 1.46. The van der Waals surface area contributed by atoms with E-state index in [2.05, 4.69) is 0 Å². The third-order valence-electron chi connectivity index (χ3n) is 1.56. The predicted molar refractivity (Wildman–Crippen MR) is 55.3 cm³/mol. The molecule has 0 saturated heterocycles. The Morgan fingerprint density at radius 3 is 2.69 bits per heavy atom. The number of aryl methyl sites for hydroxylation is 1. The summed E-state index contributed by atoms with van der Waals surface area (Å²) in [5.74, 6) is 0. The summed E-state index contributed by atoms with van der Waals surface area (Å²) in [6, 6.07) is 4.80. The molecule has 0 heterocycles. The molecule has 0 fully saturated rings. The third kappa shape index (κ3) is 1.95. The Morgan fingerprint density at radius 2 is 2.23 bits per heavy atom. The molecule has 66 valence electrons. The first-order valence-corrected chi connectivity index (χ1v) is 4.48. The molecule has 0 radical (unpaired) electrons. The summed E-state index contributed by atoms with van der Waals surface area (Å²) in [4.78, 5) is 10.1. The van der Waals surface area contributed by atoms with Crippen molar-refractivity contribution >= 4 is 28.3 Å². The van der Waals surface area contributed by atoms with Gasteiger partial charge in [0, 0.05) is 6.07 Å². The third-order valence-corrected chi connectivity index (χ3v) is 2.96. The molecule has 0 aromatic heterocycles. The molecule has 1 aromatic carbocycles. The first kappa shape index (κ1) is 9.92. The summed E-state index contributed by atoms with van der Waals surface area (Å²) in [7, 11) is 0. The second-order valence-corrected chi connectivity index (χ2v) is 3.57. The Bertz CT molecular complexity index is 409. The summed E-state index contributed by atoms with van der Waals surface area (Å²) in [5, 5.41) is 19.1. The van der Waals surface area contributed by atoms with Crippen LogP contribution in [-0.2, 0) is 0 Å². The number of nitro groups is 1. The standard InChI is InChI=1S/C8H5IN2O2/c1-5-2-6(4-10)3-7(8(5)9)11(12)13/h2-3H,1H3. The Kier molecular flexibility index (Phi) is 2.83. The summed E-state index contributed by atoms with van der Waals surface area (Å²) >= 11 is 1.90. The van der Waals surface area contributed by atoms with Gasteiger partial charge in [0.05, 0.1) is 20.1 Å². The SMILES string of the molecule is Cc1cc(C#N)cc([N+](=O)[O-])c1I. The minimum Gasteiger partial charge on any atom is -0.258 e. The van der Waals surface area contributed by atoms with E-state index in [9.17, 15) is 10.1 Å². The molecular weight excluding hydrogens is 283 g/mol. The highest BCUT2D eigenvalue weighted by atomic mass is 127. The van der Waals surface area contributed by atoms with Crippen molar-refractivity contribution in [1.82, 2.24) is 0 Å². The maximum atomic E-state index is 10.5. The highest BCUT2D eigenvalue weighted by Gasteiger charge is 2.14. The van der Waals surface area contributed by atoms with Crippen molar-refractivity contribution in [3.63, 3.8) is 0 Å². The first-order chi connectivity index (χ1) is 6.06. The highest BCUT2D eigenvalue weighted by molar-refractivity contribution is 14.1. The van der Waals surface area contributed by atoms with Crippen molar-refractivity contribution in [2.45, 2.75) is 6.92 Å². The molecule has 0 spiro atoms. The molecule has 5 heteroatoms. The van der Waals surface area contributed by atoms with E-state index in [-0.39, 0.29) is 5.69 Å². The van der Waals surface area contributed by atoms with Gasteiger partial charge >= 0.3 is 0 Å². The number of nitro benzene ring substituents is 1. The van der Waals surface area contributed by atoms with Crippen molar-refractivity contribution in [3.05, 3.63) is 36.9 Å². The van der Waals surface area contributed by atoms with E-state index in [4.69, 9.17) is 5.26 Å². The largest absolute Gasteiger partial charge is 0.284 e. The minimum atomic E-state index is -0.477. The van der Waals surface area contributed by atoms with Gasteiger partial charge in [0.15, 0.2) is 0 Å². The molecular formula is C8H5IN2O2. The van der Waals surface area contributed by atoms with Gasteiger partial charge in [0.25, 0.3) is 5.69 Å². The topological polar surface area (TPSA) is 66.9 Å². The second-order valence-electron chi connectivity index (χ2n) is 2.50. The average molecular weight is 288 g/mol. The van der Waals surface area contributed by atoms with Crippen LogP contribution in [0.4, 0.5) is 5.69 Å². The van der Waals surface area contributed by atoms with Crippen LogP contribution in [0, 0.1) is 31.9 Å². The van der Waals surface area contributed by atoms with E-state index in [1.807, 2.05) is 28.7 Å². The van der Waals surface area contributed by atoms with Crippen molar-refractivity contribution in [2.75, 3.05) is 0 Å². The molecule has 0 amide bonds. The molecule has 0 unspecified atom stereocenters. The maximum Gasteiger partial charge on any atom is 0.284 e. The van der Waals surface area contributed by atoms with Crippen LogP contribution in [0.2, 0.25) is 0 Å². The van der Waals surface area contributed by atoms with Gasteiger partial charge in [-0.25, -0.2) is 0 Å². The summed E-state index contributed by atoms with van der Waals surface area (Å²) in [6.45, 7) is 1.75. The van der Waals surface area contributed by atoms with Gasteiger partial charge in [0.2, 0.25) is 0 Å². The summed E-state index contributed by atoms with van der Waals surface area (Å²) in [6.07, 6.45) is 0. The van der Waals surface area contributed by atoms with Crippen LogP contribution in [0.15, 0.2) is 12.1 Å². The lowest BCUT2D eigenvalue weighted by atomic mass is 10.1. The molecule has 0 aliphatic heterocycles. The molecule has 4 nitrogen and oxygen atoms in total. The van der Waals surface area contributed by atoms with Gasteiger partial charge < -0.3 is 0 Å². The molecule has 0 aliphatic rings. The van der Waals surface area contributed by atoms with E-state index < -0.39 is 4.92 Å². The Balaban J connectivity index is 3.44. The smallest absolute Gasteiger partial charge is 0.258 e. The number of hydrogen-bond acceptors (Lipinski definition) is 3. The lowest BCUT2D eigenvalue weighted by molar-refractivity contribution is -0.385. The molecule has 0 N–H and O–H groups in total. The molecule has 1 rings (SSSR count). The van der Waals surface area contributed by atoms with E-state index in [1.54, 1.807) is 13.0 Å². The van der Waals surface area contributed by atoms with Crippen LogP contribution in [0.25, 0.3) is 0 Å². The Labute approximate surface area is 88.5 Å². The van der Waals surface area contributed by atoms with Crippen LogP contribution in [-0.4, -0.2) is 4.92 Å². The minimum absolute atomic E-state index is 0.00264. The molecule has 0 bridgehead atoms. The fourth-order valence-electron chi connectivity index (χ4n) is 0.948. The van der Waals surface area contributed by atoms with Crippen molar-refractivity contribution in [3.8, 4) is 6.07 Å². The molecule has 13 heavy (non-hydrogen) atoms. The van der Waals surface area contributed by atoms with E-state index in [1.165, 1.54) is 6.07 Å². The van der Waals surface area contributed by atoms with Crippen LogP contribution < -0.4 is 0 Å². The maximum absolute atomic E-state index is 10.5. The zero-order valence-corrected chi connectivity index (χ0v) is 8.90. The monoisotopic (exact) mass is 288 g/mol. The normalized spacial score (nSPS) is 9.31. The number of benzene rings is 1. The lowest BCUT2D eigenvalue weighted by Gasteiger charge is -1.99. The Morgan fingerprint density at radius 1 is 1.62 bits per heavy atom. The lowest BCUT2D eigenvalue weighted by Crippen LogP contribution is -1.94. The van der Waals surface area contributed by atoms with Crippen LogP contribution in [0.3, 0.4) is 0 Å². The van der Waals surface area contributed by atoms with Gasteiger partial charge in [-0.05, 0) is 41.1 Å². The number of nitriles is 1. The van der Waals surface area contributed by atoms with Crippen LogP contribution in [0.5, 0.6) is 0 Å². The first-order valence-electron chi connectivity index (χ1n) is 3.41. The van der Waals surface area contributed by atoms with Gasteiger partial charge in [-0.1, -0.05) is 0 Å². The molecule has 0 atom stereocenters. The molecule has 1 aromatic rings. The highest BCUT2D eigenvalue weighted by Crippen LogP contribution is 2.25. The van der Waals surface area contributed by atoms with Crippen LogP contribution in [0.1, 0.15) is 11.1 Å². The second kappa shape index (κ2) is 3.70. The number of hydrogen-bond donors (Lipinski definition) is 0. The number of nitrogens with zero attached hydrogens (tertiary/aromatic N) is 2. The Hall–Kier alpha value is -1.16. The quantitative estimate of drug-likeness (QED) is 0.452. The van der Waals surface area contributed by atoms with Crippen LogP contribution >= 0.6 is 22.6 Å². The van der Waals surface area contributed by atoms with E-state index >= 15 is 0 Å². The van der Waals surface area contributed by atoms with Gasteiger partial charge in [-0.3, -0.25) is 10.1 Å². The zero-order valence-electron chi connectivity index (χ0n) is 6.74. The van der Waals surface area contributed by atoms with E-state index in [0.29, 0.717) is 9.13 Å². The number of halogens is 1. The van der Waals surface area contributed by atoms with E-state index in [0.717, 1.165) is 5.56 Å². The van der Waals surface area contributed by atoms with Crippen molar-refractivity contribution < 1.29 is 4.92 Å². The fraction of sp³-hybridized carbons (Fsp3) is 0.125. The van der Waals surface area contributed by atoms with Gasteiger partial charge in [-0.2, -0.15) is 5.26 Å². The number of rotatable bonds is 1. The predicted octanol–water partition coefficient (Wildman–Crippen LogP) is 2.38. The van der Waals surface area contributed by atoms with Gasteiger partial charge in [-0.15, -0.1) is 0 Å². The van der Waals surface area contributed by atoms with Crippen molar-refractivity contribution in [1.29, 1.82) is 5.26 Å². The molecule has 0 saturated carbocycles. The zero-order chi connectivity index (χ0) is 10.0. The van der Waals surface area contributed by atoms with Crippen molar-refractivity contribution in [2.24, 2.45) is 0 Å². The molecule has 0 aliphatic carbocycles.